The molecule has 2 amide bonds. The Balaban J connectivity index is 1.72. The van der Waals surface area contributed by atoms with Gasteiger partial charge in [0, 0.05) is 44.7 Å². The average molecular weight is 357 g/mol. The largest absolute Gasteiger partial charge is 0.383 e. The molecule has 1 N–H and O–H groups in total. The van der Waals surface area contributed by atoms with Crippen molar-refractivity contribution in [1.29, 1.82) is 0 Å². The van der Waals surface area contributed by atoms with Crippen molar-refractivity contribution < 1.29 is 14.3 Å². The normalized spacial score (nSPS) is 17.5. The molecule has 3 rings (SSSR count). The van der Waals surface area contributed by atoms with Crippen molar-refractivity contribution in [3.8, 4) is 0 Å². The summed E-state index contributed by atoms with van der Waals surface area (Å²) in [5, 5.41) is 4.03. The summed E-state index contributed by atoms with van der Waals surface area (Å²) in [7, 11) is 1.68. The van der Waals surface area contributed by atoms with Crippen LogP contribution in [0.1, 0.15) is 20.3 Å². The van der Waals surface area contributed by atoms with Crippen LogP contribution in [0.25, 0.3) is 10.9 Å². The molecule has 1 aromatic heterocycles. The minimum atomic E-state index is -0.285. The number of fused-ring (bicyclic) bond motifs is 1. The number of aromatic nitrogens is 1. The van der Waals surface area contributed by atoms with Crippen molar-refractivity contribution >= 4 is 28.4 Å². The predicted molar refractivity (Wildman–Crippen MR) is 102 cm³/mol. The molecule has 1 aliphatic rings. The van der Waals surface area contributed by atoms with Gasteiger partial charge in [0.1, 0.15) is 0 Å². The maximum absolute atomic E-state index is 12.7. The van der Waals surface area contributed by atoms with Gasteiger partial charge >= 0.3 is 0 Å². The zero-order valence-corrected chi connectivity index (χ0v) is 15.7. The molecule has 1 aliphatic heterocycles. The van der Waals surface area contributed by atoms with E-state index in [4.69, 9.17) is 4.74 Å². The molecule has 1 saturated heterocycles. The van der Waals surface area contributed by atoms with Crippen LogP contribution in [0.2, 0.25) is 0 Å². The highest BCUT2D eigenvalue weighted by Crippen LogP contribution is 2.27. The van der Waals surface area contributed by atoms with Gasteiger partial charge in [-0.1, -0.05) is 19.9 Å². The number of benzene rings is 1. The van der Waals surface area contributed by atoms with E-state index < -0.39 is 0 Å². The highest BCUT2D eigenvalue weighted by molar-refractivity contribution is 6.03. The van der Waals surface area contributed by atoms with E-state index in [1.807, 2.05) is 30.5 Å². The number of methoxy groups -OCH3 is 1. The molecule has 26 heavy (non-hydrogen) atoms. The molecule has 0 spiro atoms. The maximum Gasteiger partial charge on any atom is 0.229 e. The first-order valence-electron chi connectivity index (χ1n) is 9.15. The summed E-state index contributed by atoms with van der Waals surface area (Å²) in [6.07, 6.45) is 2.30. The Morgan fingerprint density at radius 2 is 2.15 bits per heavy atom. The third-order valence-electron chi connectivity index (χ3n) is 4.78. The molecule has 2 heterocycles. The summed E-state index contributed by atoms with van der Waals surface area (Å²) in [4.78, 5) is 26.6. The second kappa shape index (κ2) is 7.91. The Labute approximate surface area is 154 Å². The molecule has 140 valence electrons. The van der Waals surface area contributed by atoms with Crippen LogP contribution in [0.15, 0.2) is 30.5 Å². The molecule has 0 aliphatic carbocycles. The maximum atomic E-state index is 12.7. The van der Waals surface area contributed by atoms with Crippen LogP contribution in [0.5, 0.6) is 0 Å². The molecule has 1 fully saturated rings. The standard InChI is InChI=1S/C20H27N3O3/c1-14(2)12-23-13-15(11-19(23)24)20(25)21-17-5-4-6-18-16(17)7-8-22(18)9-10-26-3/h4-8,14-15H,9-13H2,1-3H3,(H,21,25)/t15-/m0/s1. The fourth-order valence-corrected chi connectivity index (χ4v) is 3.52. The van der Waals surface area contributed by atoms with E-state index in [1.165, 1.54) is 0 Å². The van der Waals surface area contributed by atoms with E-state index in [2.05, 4.69) is 23.7 Å². The zero-order chi connectivity index (χ0) is 18.7. The lowest BCUT2D eigenvalue weighted by Gasteiger charge is -2.18. The molecule has 0 radical (unpaired) electrons. The van der Waals surface area contributed by atoms with Crippen molar-refractivity contribution in [3.05, 3.63) is 30.5 Å². The number of nitrogens with zero attached hydrogens (tertiary/aromatic N) is 2. The minimum Gasteiger partial charge on any atom is -0.383 e. The molecule has 0 bridgehead atoms. The van der Waals surface area contributed by atoms with Crippen LogP contribution in [0.3, 0.4) is 0 Å². The summed E-state index contributed by atoms with van der Waals surface area (Å²) in [6.45, 7) is 6.77. The third-order valence-corrected chi connectivity index (χ3v) is 4.78. The van der Waals surface area contributed by atoms with Gasteiger partial charge in [-0.05, 0) is 24.1 Å². The van der Waals surface area contributed by atoms with Gasteiger partial charge in [0.05, 0.1) is 23.7 Å². The molecule has 0 saturated carbocycles. The summed E-state index contributed by atoms with van der Waals surface area (Å²) < 4.78 is 7.26. The van der Waals surface area contributed by atoms with Gasteiger partial charge in [0.25, 0.3) is 0 Å². The van der Waals surface area contributed by atoms with Crippen molar-refractivity contribution in [2.24, 2.45) is 11.8 Å². The van der Waals surface area contributed by atoms with Crippen molar-refractivity contribution in [1.82, 2.24) is 9.47 Å². The van der Waals surface area contributed by atoms with Gasteiger partial charge in [-0.25, -0.2) is 0 Å². The van der Waals surface area contributed by atoms with Crippen LogP contribution < -0.4 is 5.32 Å². The predicted octanol–water partition coefficient (Wildman–Crippen LogP) is 2.73. The number of anilines is 1. The lowest BCUT2D eigenvalue weighted by molar-refractivity contribution is -0.128. The molecule has 1 aromatic carbocycles. The minimum absolute atomic E-state index is 0.0720. The van der Waals surface area contributed by atoms with Crippen LogP contribution in [-0.4, -0.2) is 48.1 Å². The Morgan fingerprint density at radius 1 is 1.35 bits per heavy atom. The number of likely N-dealkylation sites (tertiary alicyclic amines) is 1. The number of rotatable bonds is 7. The van der Waals surface area contributed by atoms with E-state index in [0.717, 1.165) is 23.1 Å². The highest BCUT2D eigenvalue weighted by Gasteiger charge is 2.34. The molecular weight excluding hydrogens is 330 g/mol. The molecule has 1 atom stereocenters. The van der Waals surface area contributed by atoms with E-state index >= 15 is 0 Å². The molecule has 6 nitrogen and oxygen atoms in total. The number of ether oxygens (including phenoxy) is 1. The van der Waals surface area contributed by atoms with E-state index in [1.54, 1.807) is 12.0 Å². The summed E-state index contributed by atoms with van der Waals surface area (Å²) in [5.74, 6) is 0.109. The Morgan fingerprint density at radius 3 is 2.88 bits per heavy atom. The SMILES string of the molecule is COCCn1ccc2c(NC(=O)[C@H]3CC(=O)N(CC(C)C)C3)cccc21. The number of amides is 2. The summed E-state index contributed by atoms with van der Waals surface area (Å²) in [6, 6.07) is 7.88. The lowest BCUT2D eigenvalue weighted by Crippen LogP contribution is -2.31. The zero-order valence-electron chi connectivity index (χ0n) is 15.7. The lowest BCUT2D eigenvalue weighted by atomic mass is 10.1. The number of nitrogens with one attached hydrogen (secondary N) is 1. The van der Waals surface area contributed by atoms with Crippen molar-refractivity contribution in [2.45, 2.75) is 26.8 Å². The number of carbonyl (C=O) groups is 2. The Bertz CT molecular complexity index is 797. The van der Waals surface area contributed by atoms with Gasteiger partial charge in [-0.15, -0.1) is 0 Å². The highest BCUT2D eigenvalue weighted by atomic mass is 16.5. The van der Waals surface area contributed by atoms with E-state index in [0.29, 0.717) is 32.0 Å². The smallest absolute Gasteiger partial charge is 0.229 e. The molecule has 6 heteroatoms. The summed E-state index contributed by atoms with van der Waals surface area (Å²) >= 11 is 0. The van der Waals surface area contributed by atoms with E-state index in [9.17, 15) is 9.59 Å². The number of carbonyl (C=O) groups excluding carboxylic acids is 2. The summed E-state index contributed by atoms with van der Waals surface area (Å²) in [5.41, 5.74) is 1.85. The van der Waals surface area contributed by atoms with Crippen LogP contribution in [-0.2, 0) is 20.9 Å². The fraction of sp³-hybridized carbons (Fsp3) is 0.500. The molecule has 2 aromatic rings. The number of hydrogen-bond acceptors (Lipinski definition) is 3. The third kappa shape index (κ3) is 3.90. The molecular formula is C20H27N3O3. The van der Waals surface area contributed by atoms with Crippen LogP contribution >= 0.6 is 0 Å². The quantitative estimate of drug-likeness (QED) is 0.829. The van der Waals surface area contributed by atoms with Gasteiger partial charge in [-0.3, -0.25) is 9.59 Å². The first-order valence-corrected chi connectivity index (χ1v) is 9.15. The Kier molecular flexibility index (Phi) is 5.61. The first-order chi connectivity index (χ1) is 12.5. The topological polar surface area (TPSA) is 63.6 Å². The average Bonchev–Trinajstić information content (AvgIpc) is 3.17. The van der Waals surface area contributed by atoms with Crippen molar-refractivity contribution in [3.63, 3.8) is 0 Å². The van der Waals surface area contributed by atoms with Crippen molar-refractivity contribution in [2.75, 3.05) is 32.1 Å². The van der Waals surface area contributed by atoms with Gasteiger partial charge in [0.15, 0.2) is 0 Å². The second-order valence-corrected chi connectivity index (χ2v) is 7.32. The van der Waals surface area contributed by atoms with Gasteiger partial charge in [-0.2, -0.15) is 0 Å². The first kappa shape index (κ1) is 18.5. The molecule has 0 unspecified atom stereocenters. The van der Waals surface area contributed by atoms with Gasteiger partial charge < -0.3 is 19.5 Å². The fourth-order valence-electron chi connectivity index (χ4n) is 3.52. The Hall–Kier alpha value is -2.34. The van der Waals surface area contributed by atoms with Crippen LogP contribution in [0.4, 0.5) is 5.69 Å². The van der Waals surface area contributed by atoms with Gasteiger partial charge in [0.2, 0.25) is 11.8 Å². The monoisotopic (exact) mass is 357 g/mol. The van der Waals surface area contributed by atoms with E-state index in [-0.39, 0.29) is 17.7 Å². The van der Waals surface area contributed by atoms with Crippen LogP contribution in [0, 0.1) is 11.8 Å². The second-order valence-electron chi connectivity index (χ2n) is 7.32. The number of hydrogen-bond donors (Lipinski definition) is 1.